The van der Waals surface area contributed by atoms with Gasteiger partial charge in [0.1, 0.15) is 6.33 Å². The molecule has 15 heavy (non-hydrogen) atoms. The fourth-order valence-corrected chi connectivity index (χ4v) is 2.17. The molecule has 0 spiro atoms. The Kier molecular flexibility index (Phi) is 3.19. The van der Waals surface area contributed by atoms with Crippen molar-refractivity contribution in [2.45, 2.75) is 25.2 Å². The molecule has 0 saturated carbocycles. The molecule has 1 saturated heterocycles. The van der Waals surface area contributed by atoms with Gasteiger partial charge >= 0.3 is 0 Å². The van der Waals surface area contributed by atoms with Gasteiger partial charge in [0.25, 0.3) is 5.91 Å². The number of rotatable bonds is 3. The number of primary amides is 1. The molecule has 2 atom stereocenters. The number of halogens is 1. The second-order valence-electron chi connectivity index (χ2n) is 3.36. The molecule has 1 aromatic heterocycles. The van der Waals surface area contributed by atoms with Crippen molar-refractivity contribution in [3.8, 4) is 0 Å². The zero-order chi connectivity index (χ0) is 10.8. The zero-order valence-corrected chi connectivity index (χ0v) is 10.1. The summed E-state index contributed by atoms with van der Waals surface area (Å²) >= 11 is 2.29. The lowest BCUT2D eigenvalue weighted by atomic mass is 10.2. The highest BCUT2D eigenvalue weighted by molar-refractivity contribution is 14.1. The third-order valence-corrected chi connectivity index (χ3v) is 3.26. The maximum atomic E-state index is 10.8. The molecular formula is C8H11IN4O2. The molecule has 2 N–H and O–H groups in total. The number of amides is 1. The summed E-state index contributed by atoms with van der Waals surface area (Å²) in [6.45, 7) is 0. The number of alkyl halides is 1. The van der Waals surface area contributed by atoms with Gasteiger partial charge in [-0.25, -0.2) is 9.67 Å². The lowest BCUT2D eigenvalue weighted by molar-refractivity contribution is 0.00614. The van der Waals surface area contributed by atoms with Crippen LogP contribution in [0, 0.1) is 0 Å². The molecule has 1 aromatic rings. The van der Waals surface area contributed by atoms with Gasteiger partial charge in [0.2, 0.25) is 5.82 Å². The summed E-state index contributed by atoms with van der Waals surface area (Å²) in [4.78, 5) is 14.6. The van der Waals surface area contributed by atoms with Gasteiger partial charge < -0.3 is 10.5 Å². The Labute approximate surface area is 100 Å². The van der Waals surface area contributed by atoms with E-state index in [0.29, 0.717) is 0 Å². The molecule has 0 aliphatic carbocycles. The molecule has 6 nitrogen and oxygen atoms in total. The highest BCUT2D eigenvalue weighted by Gasteiger charge is 2.26. The molecule has 0 bridgehead atoms. The zero-order valence-electron chi connectivity index (χ0n) is 7.97. The average Bonchev–Trinajstić information content (AvgIpc) is 2.86. The second kappa shape index (κ2) is 4.44. The Morgan fingerprint density at radius 2 is 2.53 bits per heavy atom. The molecule has 2 rings (SSSR count). The monoisotopic (exact) mass is 322 g/mol. The predicted molar refractivity (Wildman–Crippen MR) is 60.6 cm³/mol. The summed E-state index contributed by atoms with van der Waals surface area (Å²) in [5.41, 5.74) is 5.06. The van der Waals surface area contributed by atoms with Gasteiger partial charge in [0.05, 0.1) is 6.10 Å². The largest absolute Gasteiger partial charge is 0.363 e. The number of hydrogen-bond acceptors (Lipinski definition) is 4. The molecule has 7 heteroatoms. The molecule has 82 valence electrons. The van der Waals surface area contributed by atoms with Crippen molar-refractivity contribution >= 4 is 28.5 Å². The molecule has 1 amide bonds. The van der Waals surface area contributed by atoms with Crippen molar-refractivity contribution in [2.24, 2.45) is 5.73 Å². The molecule has 2 heterocycles. The highest BCUT2D eigenvalue weighted by Crippen LogP contribution is 2.28. The van der Waals surface area contributed by atoms with Gasteiger partial charge in [-0.2, -0.15) is 0 Å². The van der Waals surface area contributed by atoms with Crippen LogP contribution >= 0.6 is 22.6 Å². The van der Waals surface area contributed by atoms with E-state index in [1.54, 1.807) is 4.68 Å². The first kappa shape index (κ1) is 10.8. The van der Waals surface area contributed by atoms with E-state index in [1.165, 1.54) is 6.33 Å². The molecule has 1 aliphatic heterocycles. The second-order valence-corrected chi connectivity index (χ2v) is 4.24. The van der Waals surface area contributed by atoms with E-state index in [9.17, 15) is 4.79 Å². The van der Waals surface area contributed by atoms with Gasteiger partial charge in [-0.15, -0.1) is 5.10 Å². The average molecular weight is 322 g/mol. The van der Waals surface area contributed by atoms with Gasteiger partial charge in [-0.3, -0.25) is 4.79 Å². The maximum Gasteiger partial charge on any atom is 0.288 e. The topological polar surface area (TPSA) is 83.0 Å². The maximum absolute atomic E-state index is 10.8. The summed E-state index contributed by atoms with van der Waals surface area (Å²) in [6, 6.07) is 0. The summed E-state index contributed by atoms with van der Waals surface area (Å²) in [7, 11) is 0. The van der Waals surface area contributed by atoms with Crippen LogP contribution in [0.15, 0.2) is 6.33 Å². The first-order valence-corrected chi connectivity index (χ1v) is 6.15. The van der Waals surface area contributed by atoms with E-state index in [4.69, 9.17) is 10.5 Å². The van der Waals surface area contributed by atoms with E-state index >= 15 is 0 Å². The van der Waals surface area contributed by atoms with Crippen LogP contribution in [0.4, 0.5) is 0 Å². The van der Waals surface area contributed by atoms with Crippen LogP contribution < -0.4 is 5.73 Å². The summed E-state index contributed by atoms with van der Waals surface area (Å²) in [5, 5.41) is 3.96. The van der Waals surface area contributed by atoms with E-state index in [-0.39, 0.29) is 18.2 Å². The highest BCUT2D eigenvalue weighted by atomic mass is 127. The van der Waals surface area contributed by atoms with Crippen molar-refractivity contribution in [2.75, 3.05) is 4.43 Å². The Morgan fingerprint density at radius 3 is 3.07 bits per heavy atom. The van der Waals surface area contributed by atoms with Gasteiger partial charge in [0.15, 0.2) is 6.23 Å². The standard InChI is InChI=1S/C8H11IN4O2/c9-3-5-1-2-6(15-5)13-4-11-8(12-13)7(10)14/h4-6H,1-3H2,(H2,10,14)/t5-,6+/m0/s1. The lowest BCUT2D eigenvalue weighted by Crippen LogP contribution is -2.16. The Bertz CT molecular complexity index is 367. The van der Waals surface area contributed by atoms with E-state index in [1.807, 2.05) is 0 Å². The van der Waals surface area contributed by atoms with Crippen LogP contribution in [0.5, 0.6) is 0 Å². The number of carbonyl (C=O) groups excluding carboxylic acids is 1. The van der Waals surface area contributed by atoms with Crippen molar-refractivity contribution in [1.29, 1.82) is 0 Å². The molecule has 0 unspecified atom stereocenters. The summed E-state index contributed by atoms with van der Waals surface area (Å²) in [6.07, 6.45) is 3.57. The molecular weight excluding hydrogens is 311 g/mol. The van der Waals surface area contributed by atoms with E-state index < -0.39 is 5.91 Å². The molecule has 1 fully saturated rings. The van der Waals surface area contributed by atoms with Crippen molar-refractivity contribution in [1.82, 2.24) is 14.8 Å². The molecule has 0 aromatic carbocycles. The van der Waals surface area contributed by atoms with Crippen LogP contribution in [0.1, 0.15) is 29.7 Å². The molecule has 1 aliphatic rings. The Hall–Kier alpha value is -0.700. The molecule has 0 radical (unpaired) electrons. The SMILES string of the molecule is NC(=O)c1ncn([C@H]2CC[C@@H](CI)O2)n1. The number of carbonyl (C=O) groups is 1. The number of nitrogens with two attached hydrogens (primary N) is 1. The minimum Gasteiger partial charge on any atom is -0.363 e. The van der Waals surface area contributed by atoms with Crippen LogP contribution in [-0.4, -0.2) is 31.2 Å². The fraction of sp³-hybridized carbons (Fsp3) is 0.625. The number of ether oxygens (including phenoxy) is 1. The third-order valence-electron chi connectivity index (χ3n) is 2.28. The number of hydrogen-bond donors (Lipinski definition) is 1. The van der Waals surface area contributed by atoms with Crippen LogP contribution in [0.3, 0.4) is 0 Å². The minimum atomic E-state index is -0.614. The van der Waals surface area contributed by atoms with Gasteiger partial charge in [-0.05, 0) is 12.8 Å². The van der Waals surface area contributed by atoms with Crippen molar-refractivity contribution in [3.63, 3.8) is 0 Å². The fourth-order valence-electron chi connectivity index (χ4n) is 1.52. The predicted octanol–water partition coefficient (Wildman–Crippen LogP) is 0.490. The normalized spacial score (nSPS) is 25.7. The third kappa shape index (κ3) is 2.28. The van der Waals surface area contributed by atoms with Gasteiger partial charge in [-0.1, -0.05) is 22.6 Å². The van der Waals surface area contributed by atoms with Crippen LogP contribution in [-0.2, 0) is 4.74 Å². The number of aromatic nitrogens is 3. The van der Waals surface area contributed by atoms with Crippen molar-refractivity contribution < 1.29 is 9.53 Å². The quantitative estimate of drug-likeness (QED) is 0.648. The Balaban J connectivity index is 2.07. The smallest absolute Gasteiger partial charge is 0.288 e. The van der Waals surface area contributed by atoms with E-state index in [0.717, 1.165) is 17.3 Å². The van der Waals surface area contributed by atoms with E-state index in [2.05, 4.69) is 32.7 Å². The first-order chi connectivity index (χ1) is 7.20. The summed E-state index contributed by atoms with van der Waals surface area (Å²) < 4.78 is 8.22. The first-order valence-electron chi connectivity index (χ1n) is 4.63. The van der Waals surface area contributed by atoms with Crippen LogP contribution in [0.2, 0.25) is 0 Å². The Morgan fingerprint density at radius 1 is 1.73 bits per heavy atom. The van der Waals surface area contributed by atoms with Crippen LogP contribution in [0.25, 0.3) is 0 Å². The van der Waals surface area contributed by atoms with Gasteiger partial charge in [0, 0.05) is 4.43 Å². The lowest BCUT2D eigenvalue weighted by Gasteiger charge is -2.10. The number of nitrogens with zero attached hydrogens (tertiary/aromatic N) is 3. The van der Waals surface area contributed by atoms with Crippen molar-refractivity contribution in [3.05, 3.63) is 12.2 Å². The minimum absolute atomic E-state index is 0.0384. The summed E-state index contributed by atoms with van der Waals surface area (Å²) in [5.74, 6) is -0.575.